The summed E-state index contributed by atoms with van der Waals surface area (Å²) in [6.45, 7) is 1.47. The van der Waals surface area contributed by atoms with Crippen LogP contribution in [0.2, 0.25) is 0 Å². The predicted molar refractivity (Wildman–Crippen MR) is 62.6 cm³/mol. The molecule has 0 aromatic carbocycles. The second-order valence-electron chi connectivity index (χ2n) is 3.94. The van der Waals surface area contributed by atoms with Crippen molar-refractivity contribution in [2.24, 2.45) is 5.73 Å². The van der Waals surface area contributed by atoms with E-state index in [4.69, 9.17) is 10.2 Å². The van der Waals surface area contributed by atoms with E-state index in [1.165, 1.54) is 6.26 Å². The Bertz CT molecular complexity index is 425. The van der Waals surface area contributed by atoms with Crippen LogP contribution in [0.5, 0.6) is 0 Å². The van der Waals surface area contributed by atoms with Gasteiger partial charge in [-0.1, -0.05) is 0 Å². The molecule has 1 aromatic heterocycles. The van der Waals surface area contributed by atoms with E-state index < -0.39 is 9.84 Å². The monoisotopic (exact) mass is 246 g/mol. The van der Waals surface area contributed by atoms with Crippen molar-refractivity contribution in [3.63, 3.8) is 0 Å². The van der Waals surface area contributed by atoms with Crippen LogP contribution in [0.15, 0.2) is 16.5 Å². The number of hydrogen-bond donors (Lipinski definition) is 1. The van der Waals surface area contributed by atoms with Crippen LogP contribution in [0.25, 0.3) is 0 Å². The Labute approximate surface area is 96.1 Å². The van der Waals surface area contributed by atoms with Gasteiger partial charge >= 0.3 is 0 Å². The van der Waals surface area contributed by atoms with Gasteiger partial charge in [-0.3, -0.25) is 4.90 Å². The standard InChI is InChI=1S/C10H18N2O3S/c1-12(5-6-16(2,13)14)8-10-4-3-9(7-11)15-10/h3-4H,5-8,11H2,1-2H3. The molecule has 0 radical (unpaired) electrons. The van der Waals surface area contributed by atoms with Gasteiger partial charge in [0.25, 0.3) is 0 Å². The second kappa shape index (κ2) is 5.47. The summed E-state index contributed by atoms with van der Waals surface area (Å²) < 4.78 is 27.4. The van der Waals surface area contributed by atoms with E-state index in [1.54, 1.807) is 0 Å². The molecule has 0 fully saturated rings. The summed E-state index contributed by atoms with van der Waals surface area (Å²) in [5, 5.41) is 0. The van der Waals surface area contributed by atoms with Gasteiger partial charge in [-0.25, -0.2) is 8.42 Å². The van der Waals surface area contributed by atoms with Crippen LogP contribution in [0.1, 0.15) is 11.5 Å². The quantitative estimate of drug-likeness (QED) is 0.776. The lowest BCUT2D eigenvalue weighted by Gasteiger charge is -2.13. The van der Waals surface area contributed by atoms with Gasteiger partial charge in [0.2, 0.25) is 0 Å². The van der Waals surface area contributed by atoms with Crippen LogP contribution in [0.4, 0.5) is 0 Å². The van der Waals surface area contributed by atoms with Gasteiger partial charge in [-0.15, -0.1) is 0 Å². The molecule has 0 saturated heterocycles. The number of nitrogens with two attached hydrogens (primary N) is 1. The SMILES string of the molecule is CN(CCS(C)(=O)=O)Cc1ccc(CN)o1. The highest BCUT2D eigenvalue weighted by Gasteiger charge is 2.08. The fraction of sp³-hybridized carbons (Fsp3) is 0.600. The molecule has 16 heavy (non-hydrogen) atoms. The fourth-order valence-electron chi connectivity index (χ4n) is 1.28. The van der Waals surface area contributed by atoms with Crippen LogP contribution in [-0.4, -0.2) is 38.9 Å². The zero-order chi connectivity index (χ0) is 12.2. The molecule has 6 heteroatoms. The maximum atomic E-state index is 11.0. The van der Waals surface area contributed by atoms with Crippen LogP contribution < -0.4 is 5.73 Å². The van der Waals surface area contributed by atoms with E-state index in [2.05, 4.69) is 0 Å². The third-order valence-electron chi connectivity index (χ3n) is 2.19. The van der Waals surface area contributed by atoms with E-state index in [9.17, 15) is 8.42 Å². The van der Waals surface area contributed by atoms with E-state index >= 15 is 0 Å². The first-order valence-electron chi connectivity index (χ1n) is 5.04. The van der Waals surface area contributed by atoms with Crippen molar-refractivity contribution < 1.29 is 12.8 Å². The Kier molecular flexibility index (Phi) is 4.52. The molecule has 0 amide bonds. The van der Waals surface area contributed by atoms with E-state index in [1.807, 2.05) is 24.1 Å². The van der Waals surface area contributed by atoms with Gasteiger partial charge in [-0.2, -0.15) is 0 Å². The first-order chi connectivity index (χ1) is 7.40. The second-order valence-corrected chi connectivity index (χ2v) is 6.20. The molecule has 1 heterocycles. The van der Waals surface area contributed by atoms with Crippen molar-refractivity contribution in [3.8, 4) is 0 Å². The van der Waals surface area contributed by atoms with E-state index in [0.29, 0.717) is 19.6 Å². The molecule has 0 spiro atoms. The summed E-state index contributed by atoms with van der Waals surface area (Å²) in [5.74, 6) is 1.71. The maximum Gasteiger partial charge on any atom is 0.148 e. The molecule has 0 bridgehead atoms. The normalized spacial score (nSPS) is 12.2. The topological polar surface area (TPSA) is 76.5 Å². The van der Waals surface area contributed by atoms with E-state index in [0.717, 1.165) is 11.5 Å². The number of furan rings is 1. The minimum Gasteiger partial charge on any atom is -0.463 e. The first kappa shape index (κ1) is 13.2. The molecule has 0 atom stereocenters. The van der Waals surface area contributed by atoms with Crippen LogP contribution in [0, 0.1) is 0 Å². The highest BCUT2D eigenvalue weighted by atomic mass is 32.2. The lowest BCUT2D eigenvalue weighted by Crippen LogP contribution is -2.24. The lowest BCUT2D eigenvalue weighted by molar-refractivity contribution is 0.305. The number of hydrogen-bond acceptors (Lipinski definition) is 5. The fourth-order valence-corrected chi connectivity index (χ4v) is 1.93. The molecule has 0 aliphatic carbocycles. The Morgan fingerprint density at radius 3 is 2.50 bits per heavy atom. The third kappa shape index (κ3) is 4.78. The largest absolute Gasteiger partial charge is 0.463 e. The molecule has 1 rings (SSSR count). The van der Waals surface area contributed by atoms with Crippen molar-refractivity contribution in [1.29, 1.82) is 0 Å². The molecule has 92 valence electrons. The van der Waals surface area contributed by atoms with Crippen molar-refractivity contribution in [2.45, 2.75) is 13.1 Å². The van der Waals surface area contributed by atoms with Crippen LogP contribution in [0.3, 0.4) is 0 Å². The molecule has 2 N–H and O–H groups in total. The third-order valence-corrected chi connectivity index (χ3v) is 3.11. The van der Waals surface area contributed by atoms with Gasteiger partial charge in [-0.05, 0) is 19.2 Å². The van der Waals surface area contributed by atoms with Gasteiger partial charge in [0, 0.05) is 12.8 Å². The summed E-state index contributed by atoms with van der Waals surface area (Å²) >= 11 is 0. The Morgan fingerprint density at radius 1 is 1.38 bits per heavy atom. The smallest absolute Gasteiger partial charge is 0.148 e. The molecule has 1 aromatic rings. The predicted octanol–water partition coefficient (Wildman–Crippen LogP) is 0.215. The Balaban J connectivity index is 2.42. The van der Waals surface area contributed by atoms with Crippen molar-refractivity contribution >= 4 is 9.84 Å². The number of sulfone groups is 1. The molecule has 5 nitrogen and oxygen atoms in total. The van der Waals surface area contributed by atoms with Crippen LogP contribution >= 0.6 is 0 Å². The van der Waals surface area contributed by atoms with Gasteiger partial charge in [0.05, 0.1) is 18.8 Å². The summed E-state index contributed by atoms with van der Waals surface area (Å²) in [5.41, 5.74) is 5.42. The molecular formula is C10H18N2O3S. The summed E-state index contributed by atoms with van der Waals surface area (Å²) in [4.78, 5) is 1.90. The van der Waals surface area contributed by atoms with Gasteiger partial charge in [0.1, 0.15) is 21.4 Å². The lowest BCUT2D eigenvalue weighted by atomic mass is 10.4. The Morgan fingerprint density at radius 2 is 2.00 bits per heavy atom. The summed E-state index contributed by atoms with van der Waals surface area (Å²) in [6.07, 6.45) is 1.24. The summed E-state index contributed by atoms with van der Waals surface area (Å²) in [7, 11) is -1.05. The average molecular weight is 246 g/mol. The van der Waals surface area contributed by atoms with Gasteiger partial charge < -0.3 is 10.2 Å². The summed E-state index contributed by atoms with van der Waals surface area (Å²) in [6, 6.07) is 3.69. The van der Waals surface area contributed by atoms with Crippen LogP contribution in [-0.2, 0) is 22.9 Å². The molecular weight excluding hydrogens is 228 g/mol. The minimum atomic E-state index is -2.90. The molecule has 0 unspecified atom stereocenters. The molecule has 0 aliphatic heterocycles. The van der Waals surface area contributed by atoms with Crippen molar-refractivity contribution in [2.75, 3.05) is 25.6 Å². The average Bonchev–Trinajstić information content (AvgIpc) is 2.61. The Hall–Kier alpha value is -0.850. The van der Waals surface area contributed by atoms with Gasteiger partial charge in [0.15, 0.2) is 0 Å². The number of rotatable bonds is 6. The highest BCUT2D eigenvalue weighted by Crippen LogP contribution is 2.09. The van der Waals surface area contributed by atoms with Crippen molar-refractivity contribution in [3.05, 3.63) is 23.7 Å². The number of nitrogens with zero attached hydrogens (tertiary/aromatic N) is 1. The molecule has 0 aliphatic rings. The maximum absolute atomic E-state index is 11.0. The zero-order valence-electron chi connectivity index (χ0n) is 9.64. The molecule has 0 saturated carbocycles. The minimum absolute atomic E-state index is 0.161. The van der Waals surface area contributed by atoms with E-state index in [-0.39, 0.29) is 5.75 Å². The zero-order valence-corrected chi connectivity index (χ0v) is 10.5. The highest BCUT2D eigenvalue weighted by molar-refractivity contribution is 7.90. The first-order valence-corrected chi connectivity index (χ1v) is 7.10. The van der Waals surface area contributed by atoms with Crippen molar-refractivity contribution in [1.82, 2.24) is 4.90 Å².